The molecule has 0 radical (unpaired) electrons. The number of carbonyl (C=O) groups excluding carboxylic acids is 1. The van der Waals surface area contributed by atoms with E-state index in [2.05, 4.69) is 25.5 Å². The molecule has 1 unspecified atom stereocenters. The second kappa shape index (κ2) is 9.31. The van der Waals surface area contributed by atoms with Crippen molar-refractivity contribution in [3.8, 4) is 21.9 Å². The van der Waals surface area contributed by atoms with Gasteiger partial charge in [-0.05, 0) is 52.7 Å². The van der Waals surface area contributed by atoms with Crippen LogP contribution in [0.5, 0.6) is 0 Å². The van der Waals surface area contributed by atoms with Gasteiger partial charge < -0.3 is 9.15 Å². The number of thiophene rings is 1. The number of sulfonamides is 1. The molecule has 1 aliphatic carbocycles. The number of nitrogens with one attached hydrogen (secondary N) is 1. The normalized spacial score (nSPS) is 21.2. The summed E-state index contributed by atoms with van der Waals surface area (Å²) in [7, 11) is -2.50. The van der Waals surface area contributed by atoms with Crippen molar-refractivity contribution in [2.75, 3.05) is 12.8 Å². The molecule has 1 atom stereocenters. The lowest BCUT2D eigenvalue weighted by Crippen LogP contribution is -2.53. The molecular formula is C24H27ClN6O5S2. The molecule has 4 heterocycles. The first-order chi connectivity index (χ1) is 17.7. The number of halogens is 1. The first-order valence-corrected chi connectivity index (χ1v) is 14.7. The molecule has 1 saturated carbocycles. The predicted molar refractivity (Wildman–Crippen MR) is 144 cm³/mol. The molecule has 14 heteroatoms. The standard InChI is InChI=1S/C24H27ClN6O5S2/c1-23(2,3)36-22(32)27-21-28-24(4,12-38(33,34)31(21)5)18-16(25)9-17(37-18)14-8-15(11-26-10-14)20-30-29-19(35-20)13-6-7-13/h8-11,13H,6-7,12H2,1-5H3,(H,27,28,32). The summed E-state index contributed by atoms with van der Waals surface area (Å²) < 4.78 is 38.2. The van der Waals surface area contributed by atoms with Crippen LogP contribution in [0.2, 0.25) is 5.02 Å². The molecule has 2 aliphatic rings. The van der Waals surface area contributed by atoms with Gasteiger partial charge in [0.15, 0.2) is 0 Å². The third-order valence-corrected chi connectivity index (χ3v) is 9.74. The van der Waals surface area contributed by atoms with Gasteiger partial charge in [0.1, 0.15) is 11.1 Å². The van der Waals surface area contributed by atoms with Crippen molar-refractivity contribution in [1.29, 1.82) is 0 Å². The van der Waals surface area contributed by atoms with Crippen molar-refractivity contribution in [1.82, 2.24) is 24.8 Å². The Morgan fingerprint density at radius 3 is 2.63 bits per heavy atom. The third-order valence-electron chi connectivity index (χ3n) is 5.96. The van der Waals surface area contributed by atoms with Gasteiger partial charge in [-0.2, -0.15) is 0 Å². The highest BCUT2D eigenvalue weighted by Crippen LogP contribution is 2.45. The van der Waals surface area contributed by atoms with Gasteiger partial charge in [-0.3, -0.25) is 10.3 Å². The molecule has 38 heavy (non-hydrogen) atoms. The van der Waals surface area contributed by atoms with Crippen molar-refractivity contribution < 1.29 is 22.4 Å². The third kappa shape index (κ3) is 5.40. The number of aromatic nitrogens is 3. The topological polar surface area (TPSA) is 140 Å². The molecule has 3 aromatic rings. The molecule has 1 N–H and O–H groups in total. The maximum Gasteiger partial charge on any atom is 0.414 e. The summed E-state index contributed by atoms with van der Waals surface area (Å²) in [6, 6.07) is 3.62. The molecule has 0 saturated heterocycles. The van der Waals surface area contributed by atoms with E-state index in [0.717, 1.165) is 27.6 Å². The second-order valence-electron chi connectivity index (χ2n) is 10.5. The predicted octanol–water partition coefficient (Wildman–Crippen LogP) is 4.76. The van der Waals surface area contributed by atoms with E-state index in [4.69, 9.17) is 20.8 Å². The Bertz CT molecular complexity index is 1540. The van der Waals surface area contributed by atoms with Crippen LogP contribution < -0.4 is 5.32 Å². The fourth-order valence-electron chi connectivity index (χ4n) is 3.95. The van der Waals surface area contributed by atoms with Crippen LogP contribution >= 0.6 is 22.9 Å². The van der Waals surface area contributed by atoms with E-state index in [1.807, 2.05) is 6.07 Å². The van der Waals surface area contributed by atoms with Gasteiger partial charge in [0.25, 0.3) is 0 Å². The molecule has 0 spiro atoms. The molecule has 1 aliphatic heterocycles. The summed E-state index contributed by atoms with van der Waals surface area (Å²) in [6.45, 7) is 6.80. The Labute approximate surface area is 229 Å². The highest BCUT2D eigenvalue weighted by molar-refractivity contribution is 7.89. The number of carbonyl (C=O) groups is 1. The summed E-state index contributed by atoms with van der Waals surface area (Å²) in [5.74, 6) is 0.884. The summed E-state index contributed by atoms with van der Waals surface area (Å²) in [5, 5.41) is 11.1. The van der Waals surface area contributed by atoms with E-state index in [9.17, 15) is 13.2 Å². The lowest BCUT2D eigenvalue weighted by Gasteiger charge is -2.35. The average Bonchev–Trinajstić information content (AvgIpc) is 3.39. The van der Waals surface area contributed by atoms with Crippen LogP contribution in [0.1, 0.15) is 57.2 Å². The zero-order valence-electron chi connectivity index (χ0n) is 21.5. The molecule has 0 bridgehead atoms. The number of ether oxygens (including phenoxy) is 1. The van der Waals surface area contributed by atoms with Gasteiger partial charge in [-0.1, -0.05) is 11.6 Å². The minimum atomic E-state index is -3.83. The molecule has 1 fully saturated rings. The van der Waals surface area contributed by atoms with Gasteiger partial charge >= 0.3 is 6.09 Å². The quantitative estimate of drug-likeness (QED) is 0.467. The van der Waals surface area contributed by atoms with Gasteiger partial charge in [0, 0.05) is 35.8 Å². The Morgan fingerprint density at radius 2 is 1.95 bits per heavy atom. The van der Waals surface area contributed by atoms with E-state index in [-0.39, 0.29) is 11.7 Å². The van der Waals surface area contributed by atoms with Gasteiger partial charge in [-0.25, -0.2) is 22.5 Å². The first kappa shape index (κ1) is 26.6. The zero-order valence-corrected chi connectivity index (χ0v) is 23.9. The lowest BCUT2D eigenvalue weighted by atomic mass is 10.0. The van der Waals surface area contributed by atoms with Gasteiger partial charge in [0.05, 0.1) is 21.2 Å². The maximum atomic E-state index is 13.1. The number of pyridine rings is 1. The highest BCUT2D eigenvalue weighted by atomic mass is 35.5. The van der Waals surface area contributed by atoms with Crippen molar-refractivity contribution in [3.63, 3.8) is 0 Å². The second-order valence-corrected chi connectivity index (χ2v) is 14.0. The minimum absolute atomic E-state index is 0.148. The van der Waals surface area contributed by atoms with Crippen LogP contribution in [-0.4, -0.2) is 58.4 Å². The number of rotatable bonds is 4. The van der Waals surface area contributed by atoms with Crippen molar-refractivity contribution >= 4 is 45.0 Å². The van der Waals surface area contributed by atoms with Gasteiger partial charge in [-0.15, -0.1) is 21.5 Å². The Hall–Kier alpha value is -3.03. The highest BCUT2D eigenvalue weighted by Gasteiger charge is 2.44. The number of hydrogen-bond donors (Lipinski definition) is 1. The summed E-state index contributed by atoms with van der Waals surface area (Å²) in [5.41, 5.74) is -0.605. The number of amides is 1. The fourth-order valence-corrected chi connectivity index (χ4v) is 7.12. The molecule has 202 valence electrons. The maximum absolute atomic E-state index is 13.1. The fraction of sp³-hybridized carbons (Fsp3) is 0.458. The van der Waals surface area contributed by atoms with Crippen LogP contribution in [-0.2, 0) is 20.3 Å². The Morgan fingerprint density at radius 1 is 1.24 bits per heavy atom. The smallest absolute Gasteiger partial charge is 0.414 e. The van der Waals surface area contributed by atoms with E-state index in [1.54, 1.807) is 46.2 Å². The summed E-state index contributed by atoms with van der Waals surface area (Å²) in [4.78, 5) is 22.6. The van der Waals surface area contributed by atoms with Crippen molar-refractivity contribution in [2.24, 2.45) is 4.99 Å². The van der Waals surface area contributed by atoms with Crippen molar-refractivity contribution in [3.05, 3.63) is 40.3 Å². The number of aliphatic imine (C=N–C) groups is 1. The molecular weight excluding hydrogens is 552 g/mol. The van der Waals surface area contributed by atoms with Crippen LogP contribution in [0.3, 0.4) is 0 Å². The number of alkyl carbamates (subject to hydrolysis) is 1. The molecule has 11 nitrogen and oxygen atoms in total. The van der Waals surface area contributed by atoms with Crippen molar-refractivity contribution in [2.45, 2.75) is 57.6 Å². The molecule has 3 aromatic heterocycles. The van der Waals surface area contributed by atoms with E-state index in [1.165, 1.54) is 18.4 Å². The Balaban J connectivity index is 1.47. The average molecular weight is 579 g/mol. The monoisotopic (exact) mass is 578 g/mol. The Kier molecular flexibility index (Phi) is 6.51. The molecule has 1 amide bonds. The summed E-state index contributed by atoms with van der Waals surface area (Å²) >= 11 is 7.95. The lowest BCUT2D eigenvalue weighted by molar-refractivity contribution is 0.0559. The van der Waals surface area contributed by atoms with Crippen LogP contribution in [0.15, 0.2) is 33.9 Å². The largest absolute Gasteiger partial charge is 0.444 e. The summed E-state index contributed by atoms with van der Waals surface area (Å²) in [6.07, 6.45) is 4.62. The van der Waals surface area contributed by atoms with E-state index >= 15 is 0 Å². The van der Waals surface area contributed by atoms with E-state index < -0.39 is 27.3 Å². The van der Waals surface area contributed by atoms with Crippen LogP contribution in [0.25, 0.3) is 21.9 Å². The van der Waals surface area contributed by atoms with E-state index in [0.29, 0.717) is 33.2 Å². The zero-order chi connectivity index (χ0) is 27.5. The first-order valence-electron chi connectivity index (χ1n) is 11.9. The number of guanidine groups is 1. The minimum Gasteiger partial charge on any atom is -0.444 e. The SMILES string of the molecule is CN1C(NC(=O)OC(C)(C)C)=NC(C)(c2sc(-c3cncc(-c4nnc(C5CC5)o4)c3)cc2Cl)CS1(=O)=O. The molecule has 5 rings (SSSR count). The van der Waals surface area contributed by atoms with Crippen LogP contribution in [0, 0.1) is 0 Å². The number of hydrogen-bond acceptors (Lipinski definition) is 10. The molecule has 0 aromatic carbocycles. The van der Waals surface area contributed by atoms with Gasteiger partial charge in [0.2, 0.25) is 27.8 Å². The van der Waals surface area contributed by atoms with Crippen LogP contribution in [0.4, 0.5) is 4.79 Å². The number of nitrogens with zero attached hydrogens (tertiary/aromatic N) is 5.